The Kier molecular flexibility index (Phi) is 6.68. The first-order chi connectivity index (χ1) is 10.7. The van der Waals surface area contributed by atoms with E-state index in [1.165, 1.54) is 12.8 Å². The van der Waals surface area contributed by atoms with E-state index in [0.29, 0.717) is 25.6 Å². The van der Waals surface area contributed by atoms with E-state index >= 15 is 0 Å². The fourth-order valence-electron chi connectivity index (χ4n) is 3.45. The largest absolute Gasteiger partial charge is 0.368 e. The Balaban J connectivity index is 0.00000192. The number of amides is 2. The molecule has 3 rings (SSSR count). The van der Waals surface area contributed by atoms with Crippen molar-refractivity contribution in [2.75, 3.05) is 19.7 Å². The van der Waals surface area contributed by atoms with Crippen molar-refractivity contribution in [1.29, 1.82) is 0 Å². The summed E-state index contributed by atoms with van der Waals surface area (Å²) in [5.41, 5.74) is 6.04. The Morgan fingerprint density at radius 1 is 1.17 bits per heavy atom. The second-order valence-corrected chi connectivity index (χ2v) is 6.79. The van der Waals surface area contributed by atoms with Crippen LogP contribution in [0.3, 0.4) is 0 Å². The molecule has 2 heterocycles. The highest BCUT2D eigenvalue weighted by atomic mass is 35.5. The smallest absolute Gasteiger partial charge is 0.252 e. The number of nitrogens with one attached hydrogen (secondary N) is 1. The molecule has 3 aliphatic rings. The van der Waals surface area contributed by atoms with Crippen molar-refractivity contribution in [3.8, 4) is 0 Å². The molecule has 132 valence electrons. The number of piperidine rings is 1. The number of nitrogens with two attached hydrogens (primary N) is 1. The molecule has 6 nitrogen and oxygen atoms in total. The van der Waals surface area contributed by atoms with Crippen LogP contribution in [0.5, 0.6) is 0 Å². The topological polar surface area (TPSA) is 84.7 Å². The van der Waals surface area contributed by atoms with Gasteiger partial charge in [0.05, 0.1) is 0 Å². The second-order valence-electron chi connectivity index (χ2n) is 6.79. The normalized spacial score (nSPS) is 28.8. The first kappa shape index (κ1) is 18.5. The third-order valence-electron chi connectivity index (χ3n) is 5.03. The summed E-state index contributed by atoms with van der Waals surface area (Å²) in [4.78, 5) is 26.8. The molecule has 2 aliphatic heterocycles. The van der Waals surface area contributed by atoms with Gasteiger partial charge in [-0.2, -0.15) is 0 Å². The van der Waals surface area contributed by atoms with Gasteiger partial charge in [0.15, 0.2) is 0 Å². The second kappa shape index (κ2) is 8.31. The molecule has 0 radical (unpaired) electrons. The van der Waals surface area contributed by atoms with Gasteiger partial charge in [0, 0.05) is 25.7 Å². The lowest BCUT2D eigenvalue weighted by atomic mass is 10.00. The van der Waals surface area contributed by atoms with Crippen LogP contribution in [0.2, 0.25) is 0 Å². The van der Waals surface area contributed by atoms with Gasteiger partial charge in [-0.15, -0.1) is 12.4 Å². The van der Waals surface area contributed by atoms with Gasteiger partial charge in [-0.3, -0.25) is 9.59 Å². The van der Waals surface area contributed by atoms with Crippen LogP contribution in [-0.4, -0.2) is 54.6 Å². The van der Waals surface area contributed by atoms with Crippen LogP contribution in [0.25, 0.3) is 0 Å². The quantitative estimate of drug-likeness (QED) is 0.772. The number of carbonyl (C=O) groups is 2. The van der Waals surface area contributed by atoms with E-state index in [4.69, 9.17) is 10.5 Å². The van der Waals surface area contributed by atoms with Crippen LogP contribution in [-0.2, 0) is 14.3 Å². The van der Waals surface area contributed by atoms with Crippen LogP contribution in [0.15, 0.2) is 0 Å². The zero-order valence-corrected chi connectivity index (χ0v) is 14.4. The van der Waals surface area contributed by atoms with Crippen LogP contribution in [0, 0.1) is 5.92 Å². The zero-order valence-electron chi connectivity index (χ0n) is 13.5. The summed E-state index contributed by atoms with van der Waals surface area (Å²) >= 11 is 0. The van der Waals surface area contributed by atoms with Crippen molar-refractivity contribution in [2.24, 2.45) is 11.7 Å². The summed E-state index contributed by atoms with van der Waals surface area (Å²) in [6.45, 7) is 1.82. The minimum atomic E-state index is -0.350. The Labute approximate surface area is 143 Å². The maximum absolute atomic E-state index is 12.6. The Bertz CT molecular complexity index is 425. The molecule has 23 heavy (non-hydrogen) atoms. The third kappa shape index (κ3) is 4.58. The predicted molar refractivity (Wildman–Crippen MR) is 89.3 cm³/mol. The molecule has 0 spiro atoms. The third-order valence-corrected chi connectivity index (χ3v) is 5.03. The first-order valence-electron chi connectivity index (χ1n) is 8.62. The van der Waals surface area contributed by atoms with E-state index in [2.05, 4.69) is 5.32 Å². The number of hydrogen-bond acceptors (Lipinski definition) is 4. The number of rotatable bonds is 5. The van der Waals surface area contributed by atoms with E-state index in [9.17, 15) is 9.59 Å². The molecule has 3 fully saturated rings. The molecular weight excluding hydrogens is 318 g/mol. The van der Waals surface area contributed by atoms with Gasteiger partial charge in [-0.1, -0.05) is 0 Å². The Hall–Kier alpha value is -0.850. The van der Waals surface area contributed by atoms with Gasteiger partial charge in [0.2, 0.25) is 5.91 Å². The molecule has 0 aromatic rings. The summed E-state index contributed by atoms with van der Waals surface area (Å²) in [5, 5.41) is 2.95. The highest BCUT2D eigenvalue weighted by Gasteiger charge is 2.37. The van der Waals surface area contributed by atoms with Crippen molar-refractivity contribution in [3.63, 3.8) is 0 Å². The van der Waals surface area contributed by atoms with Gasteiger partial charge in [-0.05, 0) is 50.9 Å². The van der Waals surface area contributed by atoms with Crippen LogP contribution >= 0.6 is 12.4 Å². The van der Waals surface area contributed by atoms with Crippen molar-refractivity contribution in [2.45, 2.75) is 63.1 Å². The molecule has 1 aliphatic carbocycles. The lowest BCUT2D eigenvalue weighted by Crippen LogP contribution is -2.55. The van der Waals surface area contributed by atoms with Crippen molar-refractivity contribution < 1.29 is 14.3 Å². The molecule has 3 N–H and O–H groups in total. The molecule has 1 saturated carbocycles. The molecule has 0 aromatic carbocycles. The number of ether oxygens (including phenoxy) is 1. The lowest BCUT2D eigenvalue weighted by Gasteiger charge is -2.36. The van der Waals surface area contributed by atoms with Gasteiger partial charge in [0.25, 0.3) is 5.91 Å². The number of carbonyl (C=O) groups excluding carboxylic acids is 2. The average Bonchev–Trinajstić information content (AvgIpc) is 3.26. The van der Waals surface area contributed by atoms with Gasteiger partial charge < -0.3 is 20.7 Å². The molecule has 2 amide bonds. The minimum absolute atomic E-state index is 0. The summed E-state index contributed by atoms with van der Waals surface area (Å²) in [5.74, 6) is 0.502. The molecule has 7 heteroatoms. The number of halogens is 1. The minimum Gasteiger partial charge on any atom is -0.368 e. The fourth-order valence-corrected chi connectivity index (χ4v) is 3.45. The molecule has 0 aromatic heterocycles. The maximum Gasteiger partial charge on any atom is 0.252 e. The number of hydrogen-bond donors (Lipinski definition) is 2. The molecule has 3 atom stereocenters. The van der Waals surface area contributed by atoms with Crippen molar-refractivity contribution in [1.82, 2.24) is 10.2 Å². The summed E-state index contributed by atoms with van der Waals surface area (Å²) in [6, 6.07) is -0.299. The standard InChI is InChI=1S/C16H27N3O3.ClH/c17-12(11-6-7-11)10-18-15(20)13-4-1-2-8-19(13)16(21)14-5-3-9-22-14;/h11-14H,1-10,17H2,(H,18,20);1H. The molecule has 2 saturated heterocycles. The Morgan fingerprint density at radius 3 is 2.61 bits per heavy atom. The number of likely N-dealkylation sites (tertiary alicyclic amines) is 1. The zero-order chi connectivity index (χ0) is 15.5. The van der Waals surface area contributed by atoms with Gasteiger partial charge in [-0.25, -0.2) is 0 Å². The highest BCUT2D eigenvalue weighted by molar-refractivity contribution is 5.89. The molecular formula is C16H28ClN3O3. The first-order valence-corrected chi connectivity index (χ1v) is 8.62. The maximum atomic E-state index is 12.6. The predicted octanol–water partition coefficient (Wildman–Crippen LogP) is 0.822. The van der Waals surface area contributed by atoms with Crippen molar-refractivity contribution in [3.05, 3.63) is 0 Å². The van der Waals surface area contributed by atoms with Gasteiger partial charge in [0.1, 0.15) is 12.1 Å². The Morgan fingerprint density at radius 2 is 1.96 bits per heavy atom. The summed E-state index contributed by atoms with van der Waals surface area (Å²) in [6.07, 6.45) is 6.39. The van der Waals surface area contributed by atoms with Crippen LogP contribution < -0.4 is 11.1 Å². The average molecular weight is 346 g/mol. The highest BCUT2D eigenvalue weighted by Crippen LogP contribution is 2.31. The van der Waals surface area contributed by atoms with Crippen molar-refractivity contribution >= 4 is 24.2 Å². The monoisotopic (exact) mass is 345 g/mol. The van der Waals surface area contributed by atoms with E-state index in [-0.39, 0.29) is 42.4 Å². The number of nitrogens with zero attached hydrogens (tertiary/aromatic N) is 1. The molecule has 0 bridgehead atoms. The fraction of sp³-hybridized carbons (Fsp3) is 0.875. The van der Waals surface area contributed by atoms with Crippen LogP contribution in [0.4, 0.5) is 0 Å². The molecule has 3 unspecified atom stereocenters. The SMILES string of the molecule is Cl.NC(CNC(=O)C1CCCCN1C(=O)C1CCCO1)C1CC1. The van der Waals surface area contributed by atoms with E-state index in [0.717, 1.165) is 32.1 Å². The lowest BCUT2D eigenvalue weighted by molar-refractivity contribution is -0.149. The summed E-state index contributed by atoms with van der Waals surface area (Å²) in [7, 11) is 0. The van der Waals surface area contributed by atoms with E-state index in [1.54, 1.807) is 4.90 Å². The van der Waals surface area contributed by atoms with E-state index < -0.39 is 0 Å². The van der Waals surface area contributed by atoms with E-state index in [1.807, 2.05) is 0 Å². The summed E-state index contributed by atoms with van der Waals surface area (Å²) < 4.78 is 5.49. The van der Waals surface area contributed by atoms with Gasteiger partial charge >= 0.3 is 0 Å². The van der Waals surface area contributed by atoms with Crippen LogP contribution in [0.1, 0.15) is 44.9 Å².